The molecule has 29 heavy (non-hydrogen) atoms. The lowest BCUT2D eigenvalue weighted by Gasteiger charge is -2.19. The molecule has 5 aromatic rings. The first-order valence-electron chi connectivity index (χ1n) is 9.62. The Kier molecular flexibility index (Phi) is 4.51. The summed E-state index contributed by atoms with van der Waals surface area (Å²) in [5, 5.41) is 0. The van der Waals surface area contributed by atoms with Gasteiger partial charge in [0, 0.05) is 12.4 Å². The van der Waals surface area contributed by atoms with Gasteiger partial charge in [-0.3, -0.25) is 0 Å². The lowest BCUT2D eigenvalue weighted by Crippen LogP contribution is -2.10. The van der Waals surface area contributed by atoms with Crippen LogP contribution in [0.15, 0.2) is 97.6 Å². The fraction of sp³-hybridized carbons (Fsp3) is 0.0400. The van der Waals surface area contributed by atoms with Crippen LogP contribution in [0.4, 0.5) is 0 Å². The lowest BCUT2D eigenvalue weighted by molar-refractivity contribution is 0.677. The molecule has 1 N–H and O–H groups in total. The van der Waals surface area contributed by atoms with Crippen LogP contribution < -0.4 is 0 Å². The van der Waals surface area contributed by atoms with Gasteiger partial charge in [-0.05, 0) is 34.9 Å². The SMILES string of the molecule is C(=C\c1nc2cc(C(c3ccccc3)n3ccnc3)ccc2[nH]1)/c1ccccc1. The highest BCUT2D eigenvalue weighted by Gasteiger charge is 2.16. The van der Waals surface area contributed by atoms with Crippen molar-refractivity contribution in [1.82, 2.24) is 19.5 Å². The molecule has 0 saturated carbocycles. The number of aromatic amines is 1. The van der Waals surface area contributed by atoms with Crippen molar-refractivity contribution in [2.75, 3.05) is 0 Å². The number of rotatable bonds is 5. The summed E-state index contributed by atoms with van der Waals surface area (Å²) in [7, 11) is 0. The van der Waals surface area contributed by atoms with Gasteiger partial charge in [-0.25, -0.2) is 9.97 Å². The average molecular weight is 376 g/mol. The molecule has 0 saturated heterocycles. The molecular formula is C25H20N4. The highest BCUT2D eigenvalue weighted by Crippen LogP contribution is 2.28. The summed E-state index contributed by atoms with van der Waals surface area (Å²) in [6, 6.07) is 27.2. The smallest absolute Gasteiger partial charge is 0.131 e. The van der Waals surface area contributed by atoms with Gasteiger partial charge in [0.05, 0.1) is 23.4 Å². The minimum Gasteiger partial charge on any atom is -0.338 e. The third-order valence-corrected chi connectivity index (χ3v) is 5.01. The van der Waals surface area contributed by atoms with Gasteiger partial charge in [-0.15, -0.1) is 0 Å². The van der Waals surface area contributed by atoms with Crippen molar-refractivity contribution in [3.63, 3.8) is 0 Å². The Labute approximate surface area is 169 Å². The van der Waals surface area contributed by atoms with Crippen molar-refractivity contribution in [3.05, 3.63) is 120 Å². The highest BCUT2D eigenvalue weighted by molar-refractivity contribution is 5.79. The maximum Gasteiger partial charge on any atom is 0.131 e. The van der Waals surface area contributed by atoms with E-state index in [0.29, 0.717) is 0 Å². The van der Waals surface area contributed by atoms with Gasteiger partial charge in [-0.2, -0.15) is 0 Å². The highest BCUT2D eigenvalue weighted by atomic mass is 15.1. The predicted molar refractivity (Wildman–Crippen MR) is 117 cm³/mol. The quantitative estimate of drug-likeness (QED) is 0.436. The molecule has 4 heteroatoms. The van der Waals surface area contributed by atoms with E-state index in [2.05, 4.69) is 75.2 Å². The number of hydrogen-bond donors (Lipinski definition) is 1. The Hall–Kier alpha value is -3.92. The van der Waals surface area contributed by atoms with Crippen LogP contribution in [0.1, 0.15) is 28.6 Å². The number of H-pyrrole nitrogens is 1. The summed E-state index contributed by atoms with van der Waals surface area (Å²) in [5.41, 5.74) is 5.52. The van der Waals surface area contributed by atoms with Gasteiger partial charge < -0.3 is 9.55 Å². The second kappa shape index (κ2) is 7.60. The molecule has 5 rings (SSSR count). The number of aromatic nitrogens is 4. The molecule has 0 bridgehead atoms. The van der Waals surface area contributed by atoms with E-state index >= 15 is 0 Å². The van der Waals surface area contributed by atoms with Gasteiger partial charge in [0.25, 0.3) is 0 Å². The second-order valence-corrected chi connectivity index (χ2v) is 6.97. The zero-order chi connectivity index (χ0) is 19.5. The van der Waals surface area contributed by atoms with E-state index in [1.165, 1.54) is 11.1 Å². The Balaban J connectivity index is 1.52. The summed E-state index contributed by atoms with van der Waals surface area (Å²) in [6.07, 6.45) is 9.76. The van der Waals surface area contributed by atoms with E-state index in [1.807, 2.05) is 49.1 Å². The molecule has 2 heterocycles. The molecular weight excluding hydrogens is 356 g/mol. The zero-order valence-corrected chi connectivity index (χ0v) is 15.8. The van der Waals surface area contributed by atoms with Gasteiger partial charge in [-0.1, -0.05) is 72.8 Å². The minimum atomic E-state index is 0.0584. The van der Waals surface area contributed by atoms with E-state index in [9.17, 15) is 0 Å². The summed E-state index contributed by atoms with van der Waals surface area (Å²) in [5.74, 6) is 0.847. The van der Waals surface area contributed by atoms with E-state index < -0.39 is 0 Å². The van der Waals surface area contributed by atoms with Crippen molar-refractivity contribution in [1.29, 1.82) is 0 Å². The van der Waals surface area contributed by atoms with Crippen molar-refractivity contribution in [2.45, 2.75) is 6.04 Å². The van der Waals surface area contributed by atoms with E-state index in [-0.39, 0.29) is 6.04 Å². The second-order valence-electron chi connectivity index (χ2n) is 6.97. The zero-order valence-electron chi connectivity index (χ0n) is 15.8. The normalized spacial score (nSPS) is 12.6. The fourth-order valence-electron chi connectivity index (χ4n) is 3.63. The van der Waals surface area contributed by atoms with Crippen LogP contribution in [0.25, 0.3) is 23.2 Å². The first-order valence-corrected chi connectivity index (χ1v) is 9.62. The molecule has 4 nitrogen and oxygen atoms in total. The summed E-state index contributed by atoms with van der Waals surface area (Å²) in [6.45, 7) is 0. The molecule has 1 atom stereocenters. The summed E-state index contributed by atoms with van der Waals surface area (Å²) in [4.78, 5) is 12.4. The number of hydrogen-bond acceptors (Lipinski definition) is 2. The molecule has 1 unspecified atom stereocenters. The van der Waals surface area contributed by atoms with Crippen LogP contribution >= 0.6 is 0 Å². The van der Waals surface area contributed by atoms with Gasteiger partial charge in [0.1, 0.15) is 5.82 Å². The number of fused-ring (bicyclic) bond motifs is 1. The maximum absolute atomic E-state index is 4.78. The first-order chi connectivity index (χ1) is 14.4. The Morgan fingerprint density at radius 1 is 0.828 bits per heavy atom. The van der Waals surface area contributed by atoms with Crippen molar-refractivity contribution in [3.8, 4) is 0 Å². The Morgan fingerprint density at radius 3 is 2.38 bits per heavy atom. The summed E-state index contributed by atoms with van der Waals surface area (Å²) < 4.78 is 2.12. The molecule has 0 amide bonds. The monoisotopic (exact) mass is 376 g/mol. The molecule has 0 fully saturated rings. The Bertz CT molecular complexity index is 1240. The van der Waals surface area contributed by atoms with Crippen LogP contribution in [-0.4, -0.2) is 19.5 Å². The van der Waals surface area contributed by atoms with Crippen molar-refractivity contribution < 1.29 is 0 Å². The number of nitrogens with zero attached hydrogens (tertiary/aromatic N) is 3. The third-order valence-electron chi connectivity index (χ3n) is 5.01. The topological polar surface area (TPSA) is 46.5 Å². The standard InChI is InChI=1S/C25H20N4/c1-3-7-19(8-4-1)11-14-24-27-22-13-12-21(17-23(22)28-24)25(29-16-15-26-18-29)20-9-5-2-6-10-20/h1-18,25H,(H,27,28)/b14-11+. The molecule has 0 radical (unpaired) electrons. The van der Waals surface area contributed by atoms with Gasteiger partial charge in [0.15, 0.2) is 0 Å². The predicted octanol–water partition coefficient (Wildman–Crippen LogP) is 5.57. The fourth-order valence-corrected chi connectivity index (χ4v) is 3.63. The van der Waals surface area contributed by atoms with Crippen molar-refractivity contribution >= 4 is 23.2 Å². The van der Waals surface area contributed by atoms with Crippen LogP contribution in [-0.2, 0) is 0 Å². The van der Waals surface area contributed by atoms with E-state index in [0.717, 1.165) is 22.4 Å². The largest absolute Gasteiger partial charge is 0.338 e. The van der Waals surface area contributed by atoms with Crippen LogP contribution in [0, 0.1) is 0 Å². The van der Waals surface area contributed by atoms with E-state index in [4.69, 9.17) is 4.98 Å². The molecule has 0 aliphatic carbocycles. The minimum absolute atomic E-state index is 0.0584. The molecule has 0 aliphatic heterocycles. The number of benzene rings is 3. The maximum atomic E-state index is 4.78. The van der Waals surface area contributed by atoms with Crippen molar-refractivity contribution in [2.24, 2.45) is 0 Å². The molecule has 3 aromatic carbocycles. The molecule has 2 aromatic heterocycles. The molecule has 0 spiro atoms. The van der Waals surface area contributed by atoms with Gasteiger partial charge in [0.2, 0.25) is 0 Å². The van der Waals surface area contributed by atoms with E-state index in [1.54, 1.807) is 0 Å². The van der Waals surface area contributed by atoms with Crippen LogP contribution in [0.2, 0.25) is 0 Å². The number of nitrogens with one attached hydrogen (secondary N) is 1. The first kappa shape index (κ1) is 17.2. The third kappa shape index (κ3) is 3.60. The summed E-state index contributed by atoms with van der Waals surface area (Å²) >= 11 is 0. The lowest BCUT2D eigenvalue weighted by atomic mass is 9.98. The van der Waals surface area contributed by atoms with Crippen LogP contribution in [0.5, 0.6) is 0 Å². The van der Waals surface area contributed by atoms with Gasteiger partial charge >= 0.3 is 0 Å². The molecule has 0 aliphatic rings. The Morgan fingerprint density at radius 2 is 1.62 bits per heavy atom. The number of imidazole rings is 2. The average Bonchev–Trinajstić information content (AvgIpc) is 3.44. The van der Waals surface area contributed by atoms with Crippen LogP contribution in [0.3, 0.4) is 0 Å². The molecule has 140 valence electrons.